The lowest BCUT2D eigenvalue weighted by atomic mass is 9.51. The molecule has 5 nitrogen and oxygen atoms in total. The van der Waals surface area contributed by atoms with E-state index in [1.807, 2.05) is 0 Å². The quantitative estimate of drug-likeness (QED) is 0.545. The Morgan fingerprint density at radius 3 is 1.92 bits per heavy atom. The molecule has 37 heavy (non-hydrogen) atoms. The van der Waals surface area contributed by atoms with Gasteiger partial charge in [-0.25, -0.2) is 0 Å². The summed E-state index contributed by atoms with van der Waals surface area (Å²) in [5, 5.41) is 3.62. The van der Waals surface area contributed by atoms with Gasteiger partial charge in [0.05, 0.1) is 0 Å². The van der Waals surface area contributed by atoms with Crippen LogP contribution in [-0.4, -0.2) is 85.0 Å². The Labute approximate surface area is 224 Å². The van der Waals surface area contributed by atoms with Crippen LogP contribution in [0, 0.1) is 5.92 Å². The minimum Gasteiger partial charge on any atom is -0.353 e. The number of carbonyl (C=O) groups is 1. The summed E-state index contributed by atoms with van der Waals surface area (Å²) in [7, 11) is 2.24. The number of hydrogen-bond acceptors (Lipinski definition) is 4. The first kappa shape index (κ1) is 26.4. The van der Waals surface area contributed by atoms with Gasteiger partial charge >= 0.3 is 0 Å². The summed E-state index contributed by atoms with van der Waals surface area (Å²) in [5.74, 6) is 1.52. The van der Waals surface area contributed by atoms with E-state index >= 15 is 0 Å². The summed E-state index contributed by atoms with van der Waals surface area (Å²) in [5.41, 5.74) is 3.00. The number of nitrogens with one attached hydrogen (secondary N) is 1. The van der Waals surface area contributed by atoms with Crippen molar-refractivity contribution in [2.75, 3.05) is 52.9 Å². The minimum absolute atomic E-state index is 0.119. The standard InChI is InChI=1S/C32H46N4O/c1-4-35(5-2)17-16-30(37)33-29-24-32(36-20-18-34(3)19-21-36)22-27(25-12-8-6-9-13-25)31(29)28(23-32)26-14-10-7-11-15-26/h6-15,27-29,31H,4-5,16-24H2,1-3H3,(H,33,37)/t27-,28-,29-,31?,32?/m0/s1. The molecule has 1 saturated heterocycles. The number of rotatable bonds is 9. The number of carbonyl (C=O) groups excluding carboxylic acids is 1. The lowest BCUT2D eigenvalue weighted by Crippen LogP contribution is -2.67. The number of benzene rings is 2. The zero-order valence-corrected chi connectivity index (χ0v) is 23.1. The fourth-order valence-corrected chi connectivity index (χ4v) is 7.70. The number of likely N-dealkylation sites (N-methyl/N-ethyl adjacent to an activating group) is 1. The van der Waals surface area contributed by atoms with Crippen molar-refractivity contribution in [3.05, 3.63) is 71.8 Å². The molecule has 200 valence electrons. The van der Waals surface area contributed by atoms with Gasteiger partial charge in [-0.1, -0.05) is 74.5 Å². The molecule has 6 rings (SSSR count). The van der Waals surface area contributed by atoms with Crippen LogP contribution in [0.3, 0.4) is 0 Å². The van der Waals surface area contributed by atoms with E-state index in [1.165, 1.54) is 24.0 Å². The molecule has 2 aromatic carbocycles. The van der Waals surface area contributed by atoms with E-state index in [-0.39, 0.29) is 17.5 Å². The summed E-state index contributed by atoms with van der Waals surface area (Å²) in [4.78, 5) is 21.0. The lowest BCUT2D eigenvalue weighted by molar-refractivity contribution is -0.126. The number of amides is 1. The molecule has 0 radical (unpaired) electrons. The van der Waals surface area contributed by atoms with Gasteiger partial charge in [-0.2, -0.15) is 0 Å². The molecule has 0 spiro atoms. The molecular weight excluding hydrogens is 456 g/mol. The van der Waals surface area contributed by atoms with Gasteiger partial charge in [0.15, 0.2) is 0 Å². The monoisotopic (exact) mass is 502 g/mol. The van der Waals surface area contributed by atoms with E-state index in [0.29, 0.717) is 24.2 Å². The maximum absolute atomic E-state index is 13.4. The SMILES string of the molecule is CCN(CC)CCC(=O)N[C@H]1CC2(N3CCN(C)CC3)C[C@@H](c3ccccc3)C1[C@H](c1ccccc1)C2. The van der Waals surface area contributed by atoms with Gasteiger partial charge in [-0.3, -0.25) is 9.69 Å². The van der Waals surface area contributed by atoms with E-state index in [0.717, 1.165) is 52.2 Å². The third-order valence-corrected chi connectivity index (χ3v) is 9.72. The molecular formula is C32H46N4O. The van der Waals surface area contributed by atoms with Gasteiger partial charge in [0.25, 0.3) is 0 Å². The second-order valence-electron chi connectivity index (χ2n) is 11.7. The molecule has 1 N–H and O–H groups in total. The van der Waals surface area contributed by atoms with Crippen molar-refractivity contribution in [1.29, 1.82) is 0 Å². The third-order valence-electron chi connectivity index (χ3n) is 9.72. The average Bonchev–Trinajstić information content (AvgIpc) is 2.94. The number of fused-ring (bicyclic) bond motifs is 3. The molecule has 3 atom stereocenters. The molecule has 2 bridgehead atoms. The van der Waals surface area contributed by atoms with Gasteiger partial charge < -0.3 is 15.1 Å². The van der Waals surface area contributed by atoms with Crippen molar-refractivity contribution in [3.63, 3.8) is 0 Å². The first-order valence-electron chi connectivity index (χ1n) is 14.6. The van der Waals surface area contributed by atoms with Crippen molar-refractivity contribution in [3.8, 4) is 0 Å². The van der Waals surface area contributed by atoms with Crippen LogP contribution in [-0.2, 0) is 4.79 Å². The lowest BCUT2D eigenvalue weighted by Gasteiger charge is -2.63. The molecule has 1 aliphatic heterocycles. The Bertz CT molecular complexity index is 950. The number of nitrogens with zero attached hydrogens (tertiary/aromatic N) is 3. The van der Waals surface area contributed by atoms with Crippen molar-refractivity contribution in [2.24, 2.45) is 5.92 Å². The second-order valence-corrected chi connectivity index (χ2v) is 11.7. The average molecular weight is 503 g/mol. The van der Waals surface area contributed by atoms with Crippen molar-refractivity contribution < 1.29 is 4.79 Å². The first-order chi connectivity index (χ1) is 18.0. The van der Waals surface area contributed by atoms with E-state index in [9.17, 15) is 4.79 Å². The fourth-order valence-electron chi connectivity index (χ4n) is 7.70. The Balaban J connectivity index is 1.49. The molecule has 2 aromatic rings. The van der Waals surface area contributed by atoms with Gasteiger partial charge in [0.2, 0.25) is 5.91 Å². The van der Waals surface area contributed by atoms with Crippen LogP contribution in [0.5, 0.6) is 0 Å². The van der Waals surface area contributed by atoms with Crippen LogP contribution in [0.1, 0.15) is 62.5 Å². The second kappa shape index (κ2) is 11.7. The summed E-state index contributed by atoms with van der Waals surface area (Å²) in [6.07, 6.45) is 4.05. The molecule has 1 amide bonds. The van der Waals surface area contributed by atoms with Crippen LogP contribution in [0.15, 0.2) is 60.7 Å². The van der Waals surface area contributed by atoms with Crippen LogP contribution in [0.2, 0.25) is 0 Å². The topological polar surface area (TPSA) is 38.8 Å². The van der Waals surface area contributed by atoms with Crippen LogP contribution >= 0.6 is 0 Å². The van der Waals surface area contributed by atoms with E-state index in [2.05, 4.69) is 102 Å². The molecule has 0 unspecified atom stereocenters. The minimum atomic E-state index is 0.119. The molecule has 5 heteroatoms. The summed E-state index contributed by atoms with van der Waals surface area (Å²) < 4.78 is 0. The van der Waals surface area contributed by atoms with Crippen LogP contribution in [0.25, 0.3) is 0 Å². The summed E-state index contributed by atoms with van der Waals surface area (Å²) in [6.45, 7) is 11.7. The Morgan fingerprint density at radius 2 is 1.41 bits per heavy atom. The highest BCUT2D eigenvalue weighted by atomic mass is 16.1. The number of hydrogen-bond donors (Lipinski definition) is 1. The molecule has 4 aliphatic rings. The Morgan fingerprint density at radius 1 is 0.865 bits per heavy atom. The van der Waals surface area contributed by atoms with Gasteiger partial charge in [-0.15, -0.1) is 0 Å². The van der Waals surface area contributed by atoms with Crippen molar-refractivity contribution in [2.45, 2.75) is 62.9 Å². The summed E-state index contributed by atoms with van der Waals surface area (Å²) in [6, 6.07) is 22.5. The van der Waals surface area contributed by atoms with E-state index < -0.39 is 0 Å². The van der Waals surface area contributed by atoms with Crippen LogP contribution < -0.4 is 5.32 Å². The maximum Gasteiger partial charge on any atom is 0.221 e. The predicted octanol–water partition coefficient (Wildman–Crippen LogP) is 4.57. The highest BCUT2D eigenvalue weighted by Gasteiger charge is 2.58. The normalized spacial score (nSPS) is 30.5. The van der Waals surface area contributed by atoms with Crippen molar-refractivity contribution >= 4 is 5.91 Å². The smallest absolute Gasteiger partial charge is 0.221 e. The van der Waals surface area contributed by atoms with E-state index in [4.69, 9.17) is 0 Å². The van der Waals surface area contributed by atoms with Crippen molar-refractivity contribution in [1.82, 2.24) is 20.0 Å². The first-order valence-corrected chi connectivity index (χ1v) is 14.6. The largest absolute Gasteiger partial charge is 0.353 e. The molecule has 1 heterocycles. The predicted molar refractivity (Wildman–Crippen MR) is 152 cm³/mol. The zero-order chi connectivity index (χ0) is 25.8. The highest BCUT2D eigenvalue weighted by molar-refractivity contribution is 5.76. The Kier molecular flexibility index (Phi) is 8.33. The van der Waals surface area contributed by atoms with Gasteiger partial charge in [-0.05, 0) is 68.3 Å². The molecule has 4 fully saturated rings. The maximum atomic E-state index is 13.4. The fraction of sp³-hybridized carbons (Fsp3) is 0.594. The van der Waals surface area contributed by atoms with Crippen LogP contribution in [0.4, 0.5) is 0 Å². The summed E-state index contributed by atoms with van der Waals surface area (Å²) >= 11 is 0. The van der Waals surface area contributed by atoms with Gasteiger partial charge in [0, 0.05) is 50.7 Å². The Hall–Kier alpha value is -2.21. The highest BCUT2D eigenvalue weighted by Crippen LogP contribution is 2.59. The third kappa shape index (κ3) is 5.64. The molecule has 3 aliphatic carbocycles. The molecule has 0 aromatic heterocycles. The zero-order valence-electron chi connectivity index (χ0n) is 23.1. The van der Waals surface area contributed by atoms with E-state index in [1.54, 1.807) is 0 Å². The molecule has 3 saturated carbocycles. The van der Waals surface area contributed by atoms with Gasteiger partial charge in [0.1, 0.15) is 0 Å². The number of piperazine rings is 1.